The van der Waals surface area contributed by atoms with Gasteiger partial charge < -0.3 is 19.9 Å². The summed E-state index contributed by atoms with van der Waals surface area (Å²) in [7, 11) is 0. The molecule has 0 saturated heterocycles. The zero-order chi connectivity index (χ0) is 27.9. The summed E-state index contributed by atoms with van der Waals surface area (Å²) in [5.41, 5.74) is -1.79. The average molecular weight is 553 g/mol. The summed E-state index contributed by atoms with van der Waals surface area (Å²) >= 11 is 12.4. The first-order valence-corrected chi connectivity index (χ1v) is 13.3. The first-order chi connectivity index (χ1) is 17.3. The van der Waals surface area contributed by atoms with Gasteiger partial charge in [-0.3, -0.25) is 14.4 Å². The van der Waals surface area contributed by atoms with Gasteiger partial charge in [0.15, 0.2) is 0 Å². The Labute approximate surface area is 226 Å². The Morgan fingerprint density at radius 3 is 2.05 bits per heavy atom. The number of rotatable bonds is 10. The lowest BCUT2D eigenvalue weighted by molar-refractivity contribution is -0.178. The summed E-state index contributed by atoms with van der Waals surface area (Å²) in [4.78, 5) is 42.8. The largest absolute Gasteiger partial charge is 0.480 e. The number of halogens is 2. The SMILES string of the molecule is CCC1CC(C(C(=O)O)(C(=O)O)C(=O)O)c2c(nc(C(C)C)n2Cc2ccc(Cl)c(Cl)c2)C1(CC)CC. The predicted octanol–water partition coefficient (Wildman–Crippen LogP) is 6.17. The van der Waals surface area contributed by atoms with Crippen LogP contribution in [0.4, 0.5) is 0 Å². The minimum absolute atomic E-state index is 0.0979. The normalized spacial score (nSPS) is 19.0. The molecule has 0 fully saturated rings. The van der Waals surface area contributed by atoms with Crippen LogP contribution >= 0.6 is 23.2 Å². The molecule has 3 N–H and O–H groups in total. The van der Waals surface area contributed by atoms with Gasteiger partial charge in [0, 0.05) is 29.5 Å². The molecule has 1 aliphatic carbocycles. The van der Waals surface area contributed by atoms with Crippen molar-refractivity contribution < 1.29 is 29.7 Å². The molecule has 1 aromatic heterocycles. The van der Waals surface area contributed by atoms with Crippen LogP contribution in [0.3, 0.4) is 0 Å². The molecule has 0 radical (unpaired) electrons. The van der Waals surface area contributed by atoms with E-state index in [1.165, 1.54) is 0 Å². The summed E-state index contributed by atoms with van der Waals surface area (Å²) in [6.45, 7) is 10.2. The fraction of sp³-hybridized carbons (Fsp3) is 0.556. The number of carboxylic acids is 3. The lowest BCUT2D eigenvalue weighted by Crippen LogP contribution is -2.55. The van der Waals surface area contributed by atoms with Crippen LogP contribution in [0.5, 0.6) is 0 Å². The van der Waals surface area contributed by atoms with Crippen molar-refractivity contribution in [2.45, 2.75) is 84.1 Å². The molecule has 2 unspecified atom stereocenters. The third-order valence-electron chi connectivity index (χ3n) is 8.27. The Morgan fingerprint density at radius 1 is 1.05 bits per heavy atom. The number of carbonyl (C=O) groups is 3. The predicted molar refractivity (Wildman–Crippen MR) is 141 cm³/mol. The lowest BCUT2D eigenvalue weighted by atomic mass is 9.55. The van der Waals surface area contributed by atoms with E-state index in [2.05, 4.69) is 0 Å². The highest BCUT2D eigenvalue weighted by Crippen LogP contribution is 2.57. The van der Waals surface area contributed by atoms with E-state index in [1.54, 1.807) is 18.2 Å². The molecule has 8 nitrogen and oxygen atoms in total. The molecule has 0 spiro atoms. The summed E-state index contributed by atoms with van der Waals surface area (Å²) in [6, 6.07) is 5.13. The molecule has 0 amide bonds. The molecule has 3 rings (SSSR count). The molecule has 0 bridgehead atoms. The maximum absolute atomic E-state index is 12.6. The quantitative estimate of drug-likeness (QED) is 0.300. The van der Waals surface area contributed by atoms with Crippen LogP contribution in [0.2, 0.25) is 10.0 Å². The molecule has 2 aromatic rings. The molecule has 0 saturated carbocycles. The highest BCUT2D eigenvalue weighted by atomic mass is 35.5. The molecule has 1 heterocycles. The van der Waals surface area contributed by atoms with Crippen molar-refractivity contribution in [1.82, 2.24) is 9.55 Å². The molecule has 202 valence electrons. The Bertz CT molecular complexity index is 1180. The van der Waals surface area contributed by atoms with E-state index in [0.29, 0.717) is 46.5 Å². The number of aromatic nitrogens is 2. The molecule has 37 heavy (non-hydrogen) atoms. The van der Waals surface area contributed by atoms with E-state index in [1.807, 2.05) is 39.2 Å². The molecule has 1 aliphatic rings. The minimum Gasteiger partial charge on any atom is -0.480 e. The molecule has 0 aliphatic heterocycles. The zero-order valence-corrected chi connectivity index (χ0v) is 23.2. The Kier molecular flexibility index (Phi) is 8.35. The van der Waals surface area contributed by atoms with E-state index in [9.17, 15) is 29.7 Å². The number of imidazole rings is 1. The van der Waals surface area contributed by atoms with Gasteiger partial charge in [-0.05, 0) is 42.9 Å². The van der Waals surface area contributed by atoms with Crippen LogP contribution in [0.15, 0.2) is 18.2 Å². The Hall–Kier alpha value is -2.58. The fourth-order valence-corrected chi connectivity index (χ4v) is 6.59. The third-order valence-corrected chi connectivity index (χ3v) is 9.01. The number of nitrogens with zero attached hydrogens (tertiary/aromatic N) is 2. The van der Waals surface area contributed by atoms with Crippen molar-refractivity contribution in [2.75, 3.05) is 0 Å². The highest BCUT2D eigenvalue weighted by Gasteiger charge is 2.65. The Morgan fingerprint density at radius 2 is 1.62 bits per heavy atom. The van der Waals surface area contributed by atoms with E-state index in [4.69, 9.17) is 28.2 Å². The van der Waals surface area contributed by atoms with Crippen LogP contribution in [-0.2, 0) is 26.3 Å². The van der Waals surface area contributed by atoms with E-state index in [-0.39, 0.29) is 24.8 Å². The lowest BCUT2D eigenvalue weighted by Gasteiger charge is -2.47. The zero-order valence-electron chi connectivity index (χ0n) is 21.7. The number of carboxylic acid groups (broad SMARTS) is 3. The smallest absolute Gasteiger partial charge is 0.333 e. The van der Waals surface area contributed by atoms with Crippen molar-refractivity contribution in [3.8, 4) is 0 Å². The number of hydrogen-bond donors (Lipinski definition) is 3. The van der Waals surface area contributed by atoms with Gasteiger partial charge in [-0.15, -0.1) is 0 Å². The molecular formula is C27H34Cl2N2O6. The van der Waals surface area contributed by atoms with E-state index in [0.717, 1.165) is 5.56 Å². The van der Waals surface area contributed by atoms with Gasteiger partial charge >= 0.3 is 17.9 Å². The monoisotopic (exact) mass is 552 g/mol. The van der Waals surface area contributed by atoms with Crippen molar-refractivity contribution in [3.05, 3.63) is 51.0 Å². The van der Waals surface area contributed by atoms with Gasteiger partial charge in [0.25, 0.3) is 5.41 Å². The second-order valence-electron chi connectivity index (χ2n) is 10.2. The van der Waals surface area contributed by atoms with Crippen molar-refractivity contribution in [3.63, 3.8) is 0 Å². The van der Waals surface area contributed by atoms with Gasteiger partial charge in [-0.2, -0.15) is 0 Å². The number of fused-ring (bicyclic) bond motifs is 1. The standard InChI is InChI=1S/C27H34Cl2N2O6/c1-6-16-12-17(27(23(32)33,24(34)35)25(36)37)20-21(26(16,7-2)8-3)30-22(14(4)5)31(20)13-15-9-10-18(28)19(29)11-15/h9-11,14,16-17H,6-8,12-13H2,1-5H3,(H,32,33)(H,34,35)(H,36,37). The minimum atomic E-state index is -3.07. The van der Waals surface area contributed by atoms with Crippen molar-refractivity contribution in [2.24, 2.45) is 11.3 Å². The second-order valence-corrected chi connectivity index (χ2v) is 11.0. The maximum atomic E-state index is 12.6. The van der Waals surface area contributed by atoms with Gasteiger partial charge in [0.1, 0.15) is 5.82 Å². The topological polar surface area (TPSA) is 130 Å². The van der Waals surface area contributed by atoms with Gasteiger partial charge in [0.2, 0.25) is 0 Å². The summed E-state index contributed by atoms with van der Waals surface area (Å²) < 4.78 is 1.82. The Balaban J connectivity index is 2.47. The third kappa shape index (κ3) is 4.42. The van der Waals surface area contributed by atoms with Gasteiger partial charge in [-0.1, -0.05) is 70.3 Å². The molecule has 10 heteroatoms. The van der Waals surface area contributed by atoms with Crippen LogP contribution in [-0.4, -0.2) is 42.8 Å². The number of aliphatic carboxylic acids is 3. The highest BCUT2D eigenvalue weighted by molar-refractivity contribution is 6.42. The fourth-order valence-electron chi connectivity index (χ4n) is 6.27. The van der Waals surface area contributed by atoms with Crippen molar-refractivity contribution >= 4 is 41.1 Å². The van der Waals surface area contributed by atoms with Crippen LogP contribution in [0.25, 0.3) is 0 Å². The number of benzene rings is 1. The van der Waals surface area contributed by atoms with Crippen LogP contribution in [0.1, 0.15) is 94.9 Å². The van der Waals surface area contributed by atoms with Crippen LogP contribution < -0.4 is 0 Å². The average Bonchev–Trinajstić information content (AvgIpc) is 3.21. The molecule has 2 atom stereocenters. The molecular weight excluding hydrogens is 519 g/mol. The molecule has 1 aromatic carbocycles. The number of hydrogen-bond acceptors (Lipinski definition) is 4. The van der Waals surface area contributed by atoms with Crippen LogP contribution in [0, 0.1) is 11.3 Å². The first kappa shape index (κ1) is 29.0. The van der Waals surface area contributed by atoms with E-state index < -0.39 is 34.7 Å². The first-order valence-electron chi connectivity index (χ1n) is 12.6. The van der Waals surface area contributed by atoms with Crippen molar-refractivity contribution in [1.29, 1.82) is 0 Å². The van der Waals surface area contributed by atoms with Gasteiger partial charge in [0.05, 0.1) is 15.7 Å². The second kappa shape index (κ2) is 10.7. The summed E-state index contributed by atoms with van der Waals surface area (Å²) in [6.07, 6.45) is 2.12. The van der Waals surface area contributed by atoms with E-state index >= 15 is 0 Å². The maximum Gasteiger partial charge on any atom is 0.333 e. The summed E-state index contributed by atoms with van der Waals surface area (Å²) in [5, 5.41) is 31.3. The van der Waals surface area contributed by atoms with Gasteiger partial charge in [-0.25, -0.2) is 4.98 Å². The summed E-state index contributed by atoms with van der Waals surface area (Å²) in [5.74, 6) is -6.64.